The third-order valence-electron chi connectivity index (χ3n) is 3.69. The molecule has 0 aliphatic heterocycles. The van der Waals surface area contributed by atoms with Gasteiger partial charge in [-0.1, -0.05) is 6.07 Å². The lowest BCUT2D eigenvalue weighted by Gasteiger charge is -2.14. The van der Waals surface area contributed by atoms with Gasteiger partial charge in [0.1, 0.15) is 34.5 Å². The molecular formula is C19H18N2O4. The number of anilines is 2. The Morgan fingerprint density at radius 2 is 1.16 bits per heavy atom. The molecule has 0 saturated heterocycles. The van der Waals surface area contributed by atoms with Crippen molar-refractivity contribution < 1.29 is 19.7 Å². The third-order valence-corrected chi connectivity index (χ3v) is 3.69. The molecule has 128 valence electrons. The van der Waals surface area contributed by atoms with Crippen molar-refractivity contribution in [2.75, 3.05) is 11.5 Å². The van der Waals surface area contributed by atoms with Crippen LogP contribution in [0.1, 0.15) is 5.56 Å². The van der Waals surface area contributed by atoms with Gasteiger partial charge in [0.15, 0.2) is 0 Å². The van der Waals surface area contributed by atoms with Crippen molar-refractivity contribution in [3.8, 4) is 34.5 Å². The van der Waals surface area contributed by atoms with E-state index in [1.165, 1.54) is 12.1 Å². The molecule has 25 heavy (non-hydrogen) atoms. The molecule has 0 spiro atoms. The van der Waals surface area contributed by atoms with E-state index in [9.17, 15) is 10.2 Å². The van der Waals surface area contributed by atoms with Crippen molar-refractivity contribution in [3.05, 3.63) is 60.2 Å². The Hall–Kier alpha value is -3.54. The highest BCUT2D eigenvalue weighted by molar-refractivity contribution is 5.58. The fraction of sp³-hybridized carbons (Fsp3) is 0.0526. The zero-order chi connectivity index (χ0) is 18.0. The number of benzene rings is 3. The fourth-order valence-corrected chi connectivity index (χ4v) is 2.26. The molecule has 6 nitrogen and oxygen atoms in total. The number of phenolic OH excluding ortho intramolecular Hbond substituents is 2. The normalized spacial score (nSPS) is 10.4. The molecule has 0 saturated carbocycles. The van der Waals surface area contributed by atoms with Gasteiger partial charge in [-0.25, -0.2) is 0 Å². The summed E-state index contributed by atoms with van der Waals surface area (Å²) in [7, 11) is 0. The van der Waals surface area contributed by atoms with Gasteiger partial charge < -0.3 is 31.2 Å². The van der Waals surface area contributed by atoms with Crippen molar-refractivity contribution >= 4 is 11.4 Å². The van der Waals surface area contributed by atoms with Crippen LogP contribution in [0.15, 0.2) is 54.6 Å². The highest BCUT2D eigenvalue weighted by Crippen LogP contribution is 2.36. The highest BCUT2D eigenvalue weighted by Gasteiger charge is 2.10. The molecule has 0 amide bonds. The van der Waals surface area contributed by atoms with E-state index >= 15 is 0 Å². The Morgan fingerprint density at radius 1 is 0.720 bits per heavy atom. The SMILES string of the molecule is Cc1c(Oc2ccc(O)c(N)c2)cccc1Oc1ccc(O)c(N)c1. The van der Waals surface area contributed by atoms with E-state index in [2.05, 4.69) is 0 Å². The van der Waals surface area contributed by atoms with Gasteiger partial charge >= 0.3 is 0 Å². The predicted octanol–water partition coefficient (Wildman–Crippen LogP) is 4.16. The number of ether oxygens (including phenoxy) is 2. The lowest BCUT2D eigenvalue weighted by atomic mass is 10.2. The molecule has 0 fully saturated rings. The molecule has 6 N–H and O–H groups in total. The number of nitrogens with two attached hydrogens (primary N) is 2. The first-order valence-electron chi connectivity index (χ1n) is 7.56. The number of hydrogen-bond donors (Lipinski definition) is 4. The zero-order valence-corrected chi connectivity index (χ0v) is 13.6. The largest absolute Gasteiger partial charge is 0.506 e. The standard InChI is InChI=1S/C19H18N2O4/c1-11-18(24-12-5-7-16(22)14(20)9-12)3-2-4-19(11)25-13-6-8-17(23)15(21)10-13/h2-10,22-23H,20-21H2,1H3. The highest BCUT2D eigenvalue weighted by atomic mass is 16.5. The third kappa shape index (κ3) is 3.53. The van der Waals surface area contributed by atoms with Crippen LogP contribution in [0.5, 0.6) is 34.5 Å². The Labute approximate surface area is 144 Å². The first-order valence-corrected chi connectivity index (χ1v) is 7.56. The van der Waals surface area contributed by atoms with E-state index in [4.69, 9.17) is 20.9 Å². The fourth-order valence-electron chi connectivity index (χ4n) is 2.26. The van der Waals surface area contributed by atoms with E-state index in [0.29, 0.717) is 23.0 Å². The van der Waals surface area contributed by atoms with Gasteiger partial charge in [-0.05, 0) is 43.3 Å². The average molecular weight is 338 g/mol. The lowest BCUT2D eigenvalue weighted by Crippen LogP contribution is -1.94. The smallest absolute Gasteiger partial charge is 0.138 e. The molecule has 3 aromatic rings. The van der Waals surface area contributed by atoms with Crippen LogP contribution in [-0.4, -0.2) is 10.2 Å². The number of hydrogen-bond acceptors (Lipinski definition) is 6. The Bertz CT molecular complexity index is 854. The molecule has 0 radical (unpaired) electrons. The van der Waals surface area contributed by atoms with Crippen molar-refractivity contribution in [2.24, 2.45) is 0 Å². The van der Waals surface area contributed by atoms with E-state index in [0.717, 1.165) is 5.56 Å². The van der Waals surface area contributed by atoms with Gasteiger partial charge in [-0.3, -0.25) is 0 Å². The topological polar surface area (TPSA) is 111 Å². The maximum absolute atomic E-state index is 9.49. The minimum atomic E-state index is 0.00562. The molecule has 0 atom stereocenters. The van der Waals surface area contributed by atoms with E-state index in [1.54, 1.807) is 42.5 Å². The molecular weight excluding hydrogens is 320 g/mol. The number of rotatable bonds is 4. The maximum Gasteiger partial charge on any atom is 0.138 e. The van der Waals surface area contributed by atoms with E-state index in [-0.39, 0.29) is 22.9 Å². The quantitative estimate of drug-likeness (QED) is 0.420. The molecule has 0 unspecified atom stereocenters. The summed E-state index contributed by atoms with van der Waals surface area (Å²) in [6.07, 6.45) is 0. The van der Waals surface area contributed by atoms with Crippen molar-refractivity contribution in [1.82, 2.24) is 0 Å². The summed E-state index contributed by atoms with van der Waals surface area (Å²) in [6, 6.07) is 14.7. The minimum absolute atomic E-state index is 0.00562. The molecule has 0 bridgehead atoms. The van der Waals surface area contributed by atoms with Crippen LogP contribution >= 0.6 is 0 Å². The second kappa shape index (κ2) is 6.52. The molecule has 6 heteroatoms. The Kier molecular flexibility index (Phi) is 4.26. The number of aromatic hydroxyl groups is 2. The predicted molar refractivity (Wildman–Crippen MR) is 96.4 cm³/mol. The van der Waals surface area contributed by atoms with Gasteiger partial charge in [0.25, 0.3) is 0 Å². The summed E-state index contributed by atoms with van der Waals surface area (Å²) in [5, 5.41) is 19.0. The molecule has 3 aromatic carbocycles. The van der Waals surface area contributed by atoms with E-state index in [1.807, 2.05) is 6.92 Å². The van der Waals surface area contributed by atoms with Gasteiger partial charge in [-0.15, -0.1) is 0 Å². The maximum atomic E-state index is 9.49. The lowest BCUT2D eigenvalue weighted by molar-refractivity contribution is 0.448. The first-order chi connectivity index (χ1) is 11.9. The van der Waals surface area contributed by atoms with Crippen molar-refractivity contribution in [1.29, 1.82) is 0 Å². The van der Waals surface area contributed by atoms with Crippen LogP contribution in [0, 0.1) is 6.92 Å². The second-order valence-corrected chi connectivity index (χ2v) is 5.52. The van der Waals surface area contributed by atoms with Gasteiger partial charge in [0, 0.05) is 17.7 Å². The summed E-state index contributed by atoms with van der Waals surface area (Å²) in [5.74, 6) is 2.20. The number of phenols is 2. The molecule has 0 aliphatic carbocycles. The summed E-state index contributed by atoms with van der Waals surface area (Å²) in [4.78, 5) is 0. The van der Waals surface area contributed by atoms with Crippen LogP contribution in [0.4, 0.5) is 11.4 Å². The monoisotopic (exact) mass is 338 g/mol. The van der Waals surface area contributed by atoms with Crippen LogP contribution in [0.3, 0.4) is 0 Å². The van der Waals surface area contributed by atoms with Crippen LogP contribution in [0.25, 0.3) is 0 Å². The summed E-state index contributed by atoms with van der Waals surface area (Å²) >= 11 is 0. The average Bonchev–Trinajstić information content (AvgIpc) is 2.58. The minimum Gasteiger partial charge on any atom is -0.506 e. The Balaban J connectivity index is 1.86. The summed E-state index contributed by atoms with van der Waals surface area (Å²) in [6.45, 7) is 1.86. The Morgan fingerprint density at radius 3 is 1.56 bits per heavy atom. The van der Waals surface area contributed by atoms with Gasteiger partial charge in [0.2, 0.25) is 0 Å². The van der Waals surface area contributed by atoms with Crippen LogP contribution in [-0.2, 0) is 0 Å². The van der Waals surface area contributed by atoms with Crippen molar-refractivity contribution in [2.45, 2.75) is 6.92 Å². The molecule has 3 rings (SSSR count). The number of nitrogen functional groups attached to an aromatic ring is 2. The van der Waals surface area contributed by atoms with Crippen LogP contribution in [0.2, 0.25) is 0 Å². The molecule has 0 aliphatic rings. The zero-order valence-electron chi connectivity index (χ0n) is 13.6. The van der Waals surface area contributed by atoms with Gasteiger partial charge in [0.05, 0.1) is 11.4 Å². The molecule has 0 heterocycles. The van der Waals surface area contributed by atoms with Crippen molar-refractivity contribution in [3.63, 3.8) is 0 Å². The van der Waals surface area contributed by atoms with Crippen LogP contribution < -0.4 is 20.9 Å². The summed E-state index contributed by atoms with van der Waals surface area (Å²) < 4.78 is 11.7. The second-order valence-electron chi connectivity index (χ2n) is 5.52. The molecule has 0 aromatic heterocycles. The first kappa shape index (κ1) is 16.3. The van der Waals surface area contributed by atoms with Gasteiger partial charge in [-0.2, -0.15) is 0 Å². The van der Waals surface area contributed by atoms with E-state index < -0.39 is 0 Å². The summed E-state index contributed by atoms with van der Waals surface area (Å²) in [5.41, 5.74) is 12.6.